The number of cyclic esters (lactones) is 1. The topological polar surface area (TPSA) is 26.3 Å². The first-order valence-electron chi connectivity index (χ1n) is 7.61. The summed E-state index contributed by atoms with van der Waals surface area (Å²) in [5, 5.41) is 0. The Labute approximate surface area is 112 Å². The second-order valence-electron chi connectivity index (χ2n) is 5.28. The Morgan fingerprint density at radius 2 is 1.89 bits per heavy atom. The predicted octanol–water partition coefficient (Wildman–Crippen LogP) is 4.63. The lowest BCUT2D eigenvalue weighted by atomic mass is 9.87. The van der Waals surface area contributed by atoms with Crippen LogP contribution in [-0.2, 0) is 9.53 Å². The number of allylic oxidation sites excluding steroid dienone is 2. The summed E-state index contributed by atoms with van der Waals surface area (Å²) < 4.78 is 5.26. The minimum Gasteiger partial charge on any atom is -0.461 e. The fraction of sp³-hybridized carbons (Fsp3) is 0.812. The van der Waals surface area contributed by atoms with E-state index in [9.17, 15) is 4.79 Å². The molecule has 1 heterocycles. The maximum absolute atomic E-state index is 11.4. The van der Waals surface area contributed by atoms with Crippen molar-refractivity contribution < 1.29 is 9.53 Å². The van der Waals surface area contributed by atoms with Crippen LogP contribution in [0.25, 0.3) is 0 Å². The van der Waals surface area contributed by atoms with Crippen molar-refractivity contribution >= 4 is 5.97 Å². The van der Waals surface area contributed by atoms with E-state index in [1.165, 1.54) is 38.5 Å². The monoisotopic (exact) mass is 252 g/mol. The van der Waals surface area contributed by atoms with Gasteiger partial charge in [0.2, 0.25) is 0 Å². The Balaban J connectivity index is 2.08. The number of ether oxygens (including phenoxy) is 1. The molecule has 0 aliphatic carbocycles. The summed E-state index contributed by atoms with van der Waals surface area (Å²) in [7, 11) is 0. The van der Waals surface area contributed by atoms with Crippen molar-refractivity contribution in [3.05, 3.63) is 12.2 Å². The third-order valence-electron chi connectivity index (χ3n) is 3.73. The van der Waals surface area contributed by atoms with Gasteiger partial charge in [0, 0.05) is 0 Å². The van der Waals surface area contributed by atoms with Gasteiger partial charge < -0.3 is 4.74 Å². The van der Waals surface area contributed by atoms with E-state index in [4.69, 9.17) is 4.74 Å². The van der Waals surface area contributed by atoms with E-state index in [0.717, 1.165) is 19.3 Å². The number of hydrogen-bond acceptors (Lipinski definition) is 2. The van der Waals surface area contributed by atoms with E-state index < -0.39 is 0 Å². The minimum absolute atomic E-state index is 0.0463. The van der Waals surface area contributed by atoms with Crippen molar-refractivity contribution in [1.82, 2.24) is 0 Å². The van der Waals surface area contributed by atoms with Crippen molar-refractivity contribution in [2.24, 2.45) is 5.92 Å². The van der Waals surface area contributed by atoms with E-state index in [1.807, 2.05) is 0 Å². The van der Waals surface area contributed by atoms with Gasteiger partial charge in [0.25, 0.3) is 0 Å². The lowest BCUT2D eigenvalue weighted by Crippen LogP contribution is -2.44. The molecule has 1 aliphatic heterocycles. The molecule has 1 saturated heterocycles. The number of unbranched alkanes of at least 4 members (excludes halogenated alkanes) is 5. The third-order valence-corrected chi connectivity index (χ3v) is 3.73. The molecule has 2 atom stereocenters. The van der Waals surface area contributed by atoms with E-state index in [-0.39, 0.29) is 18.0 Å². The molecule has 0 saturated carbocycles. The van der Waals surface area contributed by atoms with Gasteiger partial charge in [-0.2, -0.15) is 0 Å². The van der Waals surface area contributed by atoms with Crippen molar-refractivity contribution in [3.8, 4) is 0 Å². The van der Waals surface area contributed by atoms with Gasteiger partial charge in [-0.15, -0.1) is 0 Å². The van der Waals surface area contributed by atoms with E-state index >= 15 is 0 Å². The number of esters is 1. The maximum atomic E-state index is 11.4. The molecule has 0 unspecified atom stereocenters. The van der Waals surface area contributed by atoms with E-state index in [1.54, 1.807) is 0 Å². The first-order valence-corrected chi connectivity index (χ1v) is 7.61. The Bertz CT molecular complexity index is 258. The highest BCUT2D eigenvalue weighted by atomic mass is 16.6. The smallest absolute Gasteiger partial charge is 0.313 e. The lowest BCUT2D eigenvalue weighted by molar-refractivity contribution is -0.186. The van der Waals surface area contributed by atoms with Gasteiger partial charge in [-0.05, 0) is 39.0 Å². The predicted molar refractivity (Wildman–Crippen MR) is 75.4 cm³/mol. The summed E-state index contributed by atoms with van der Waals surface area (Å²) in [6, 6.07) is 0. The molecule has 18 heavy (non-hydrogen) atoms. The van der Waals surface area contributed by atoms with E-state index in [0.29, 0.717) is 0 Å². The Hall–Kier alpha value is -0.790. The van der Waals surface area contributed by atoms with Crippen LogP contribution in [-0.4, -0.2) is 12.1 Å². The van der Waals surface area contributed by atoms with Crippen molar-refractivity contribution in [3.63, 3.8) is 0 Å². The zero-order valence-corrected chi connectivity index (χ0v) is 12.0. The van der Waals surface area contributed by atoms with Crippen molar-refractivity contribution in [2.45, 2.75) is 77.7 Å². The molecule has 1 rings (SSSR count). The standard InChI is InChI=1S/C16H28O2/c1-3-5-7-9-11-13-15-14(16(17)18-15)12-10-8-6-4-2/h3,5,14-15H,4,6-13H2,1-2H3/t14-,15-/m0/s1. The number of rotatable bonds is 10. The number of hydrogen-bond donors (Lipinski definition) is 0. The van der Waals surface area contributed by atoms with E-state index in [2.05, 4.69) is 26.0 Å². The van der Waals surface area contributed by atoms with Crippen LogP contribution in [0.5, 0.6) is 0 Å². The average molecular weight is 252 g/mol. The second-order valence-corrected chi connectivity index (χ2v) is 5.28. The Morgan fingerprint density at radius 1 is 1.11 bits per heavy atom. The van der Waals surface area contributed by atoms with Crippen molar-refractivity contribution in [1.29, 1.82) is 0 Å². The zero-order valence-electron chi connectivity index (χ0n) is 12.0. The van der Waals surface area contributed by atoms with Gasteiger partial charge in [-0.3, -0.25) is 4.79 Å². The van der Waals surface area contributed by atoms with Crippen LogP contribution >= 0.6 is 0 Å². The number of carbonyl (C=O) groups excluding carboxylic acids is 1. The molecule has 0 aromatic carbocycles. The first-order chi connectivity index (χ1) is 8.79. The zero-order chi connectivity index (χ0) is 13.2. The lowest BCUT2D eigenvalue weighted by Gasteiger charge is -2.35. The summed E-state index contributed by atoms with van der Waals surface area (Å²) in [6.45, 7) is 4.27. The molecular formula is C16H28O2. The highest BCUT2D eigenvalue weighted by Gasteiger charge is 2.40. The van der Waals surface area contributed by atoms with Crippen LogP contribution in [0, 0.1) is 5.92 Å². The molecule has 0 amide bonds. The second kappa shape index (κ2) is 9.18. The SMILES string of the molecule is CC=CCCCC[C@@H]1OC(=O)[C@H]1CCCCCC. The first kappa shape index (κ1) is 15.3. The molecule has 0 radical (unpaired) electrons. The highest BCUT2D eigenvalue weighted by molar-refractivity contribution is 5.78. The maximum Gasteiger partial charge on any atom is 0.313 e. The summed E-state index contributed by atoms with van der Waals surface area (Å²) in [5.41, 5.74) is 0. The van der Waals surface area contributed by atoms with Crippen LogP contribution in [0.1, 0.15) is 71.6 Å². The van der Waals surface area contributed by atoms with Crippen LogP contribution in [0.4, 0.5) is 0 Å². The van der Waals surface area contributed by atoms with Crippen LogP contribution < -0.4 is 0 Å². The molecule has 2 heteroatoms. The van der Waals surface area contributed by atoms with Crippen LogP contribution in [0.3, 0.4) is 0 Å². The van der Waals surface area contributed by atoms with Gasteiger partial charge in [-0.25, -0.2) is 0 Å². The summed E-state index contributed by atoms with van der Waals surface area (Å²) in [5.74, 6) is 0.258. The fourth-order valence-corrected chi connectivity index (χ4v) is 2.53. The summed E-state index contributed by atoms with van der Waals surface area (Å²) in [4.78, 5) is 11.4. The van der Waals surface area contributed by atoms with Gasteiger partial charge in [0.15, 0.2) is 0 Å². The largest absolute Gasteiger partial charge is 0.461 e. The molecule has 104 valence electrons. The van der Waals surface area contributed by atoms with Gasteiger partial charge in [0.1, 0.15) is 6.10 Å². The molecular weight excluding hydrogens is 224 g/mol. The van der Waals surface area contributed by atoms with Gasteiger partial charge in [-0.1, -0.05) is 44.8 Å². The molecule has 1 aliphatic rings. The average Bonchev–Trinajstić information content (AvgIpc) is 2.37. The quantitative estimate of drug-likeness (QED) is 0.322. The van der Waals surface area contributed by atoms with Crippen LogP contribution in [0.15, 0.2) is 12.2 Å². The molecule has 1 fully saturated rings. The molecule has 0 N–H and O–H groups in total. The van der Waals surface area contributed by atoms with Crippen molar-refractivity contribution in [2.75, 3.05) is 0 Å². The highest BCUT2D eigenvalue weighted by Crippen LogP contribution is 2.31. The fourth-order valence-electron chi connectivity index (χ4n) is 2.53. The minimum atomic E-state index is 0.0463. The number of carbonyl (C=O) groups is 1. The molecule has 0 bridgehead atoms. The van der Waals surface area contributed by atoms with Gasteiger partial charge in [0.05, 0.1) is 5.92 Å². The van der Waals surface area contributed by atoms with Gasteiger partial charge >= 0.3 is 5.97 Å². The molecule has 2 nitrogen and oxygen atoms in total. The summed E-state index contributed by atoms with van der Waals surface area (Å²) >= 11 is 0. The molecule has 0 aromatic rings. The molecule has 0 aromatic heterocycles. The third kappa shape index (κ3) is 5.24. The molecule has 0 spiro atoms. The summed E-state index contributed by atoms with van der Waals surface area (Å²) in [6.07, 6.45) is 15.1. The Kier molecular flexibility index (Phi) is 7.79. The normalized spacial score (nSPS) is 23.1. The Morgan fingerprint density at radius 3 is 2.56 bits per heavy atom. The van der Waals surface area contributed by atoms with Crippen LogP contribution in [0.2, 0.25) is 0 Å².